The second kappa shape index (κ2) is 14.9. The van der Waals surface area contributed by atoms with Gasteiger partial charge in [-0.05, 0) is 69.0 Å². The number of carbonyl (C=O) groups excluding carboxylic acids is 3. The number of hydrogen-bond donors (Lipinski definition) is 1. The highest BCUT2D eigenvalue weighted by Gasteiger charge is 2.79. The SMILES string of the molecule is C=CCN(Cc1ccccc1)C(=O)[C@@H]1[C@H]2C(=O)N([C@H](CO)c3ccccc3)C(C(=O)N(CC=C)c3ccc(N(CC)CC)cc3)C23CC[C@@]1(C)O3. The smallest absolute Gasteiger partial charge is 0.253 e. The Morgan fingerprint density at radius 1 is 0.902 bits per heavy atom. The van der Waals surface area contributed by atoms with E-state index in [-0.39, 0.29) is 24.3 Å². The van der Waals surface area contributed by atoms with E-state index in [9.17, 15) is 9.90 Å². The van der Waals surface area contributed by atoms with Crippen LogP contribution in [0.5, 0.6) is 0 Å². The summed E-state index contributed by atoms with van der Waals surface area (Å²) in [5.41, 5.74) is 1.12. The van der Waals surface area contributed by atoms with E-state index in [2.05, 4.69) is 31.9 Å². The highest BCUT2D eigenvalue weighted by molar-refractivity contribution is 6.05. The quantitative estimate of drug-likeness (QED) is 0.204. The number of anilines is 2. The predicted molar refractivity (Wildman–Crippen MR) is 200 cm³/mol. The molecule has 6 rings (SSSR count). The molecule has 1 N–H and O–H groups in total. The van der Waals surface area contributed by atoms with Crippen LogP contribution in [0.1, 0.15) is 50.8 Å². The lowest BCUT2D eigenvalue weighted by molar-refractivity contribution is -0.152. The fraction of sp³-hybridized carbons (Fsp3) is 0.405. The van der Waals surface area contributed by atoms with Crippen LogP contribution in [-0.2, 0) is 25.7 Å². The Hall–Kier alpha value is -4.73. The minimum absolute atomic E-state index is 0.196. The number of aliphatic hydroxyl groups is 1. The Bertz CT molecular complexity index is 1730. The second-order valence-corrected chi connectivity index (χ2v) is 14.0. The van der Waals surface area contributed by atoms with E-state index in [1.54, 1.807) is 22.0 Å². The summed E-state index contributed by atoms with van der Waals surface area (Å²) in [7, 11) is 0. The minimum Gasteiger partial charge on any atom is -0.394 e. The number of likely N-dealkylation sites (tertiary alicyclic amines) is 1. The molecule has 51 heavy (non-hydrogen) atoms. The van der Waals surface area contributed by atoms with E-state index >= 15 is 9.59 Å². The first-order valence-electron chi connectivity index (χ1n) is 18.1. The molecule has 3 aromatic carbocycles. The first-order chi connectivity index (χ1) is 24.7. The van der Waals surface area contributed by atoms with Crippen LogP contribution in [0, 0.1) is 11.8 Å². The van der Waals surface area contributed by atoms with Crippen molar-refractivity contribution in [1.29, 1.82) is 0 Å². The lowest BCUT2D eigenvalue weighted by Crippen LogP contribution is -2.57. The second-order valence-electron chi connectivity index (χ2n) is 14.0. The molecule has 3 fully saturated rings. The summed E-state index contributed by atoms with van der Waals surface area (Å²) in [6.07, 6.45) is 4.29. The van der Waals surface area contributed by atoms with Gasteiger partial charge < -0.3 is 29.4 Å². The molecule has 2 unspecified atom stereocenters. The van der Waals surface area contributed by atoms with Crippen molar-refractivity contribution in [3.63, 3.8) is 0 Å². The molecule has 0 aromatic heterocycles. The number of fused-ring (bicyclic) bond motifs is 1. The Morgan fingerprint density at radius 2 is 1.51 bits per heavy atom. The van der Waals surface area contributed by atoms with Crippen molar-refractivity contribution in [2.45, 2.75) is 63.4 Å². The number of benzene rings is 3. The van der Waals surface area contributed by atoms with Crippen molar-refractivity contribution in [3.05, 3.63) is 121 Å². The van der Waals surface area contributed by atoms with Gasteiger partial charge in [0.1, 0.15) is 11.6 Å². The van der Waals surface area contributed by atoms with E-state index in [0.717, 1.165) is 24.3 Å². The van der Waals surface area contributed by atoms with Gasteiger partial charge >= 0.3 is 0 Å². The van der Waals surface area contributed by atoms with Gasteiger partial charge in [-0.25, -0.2) is 0 Å². The summed E-state index contributed by atoms with van der Waals surface area (Å²) in [5, 5.41) is 11.0. The van der Waals surface area contributed by atoms with Crippen LogP contribution >= 0.6 is 0 Å². The van der Waals surface area contributed by atoms with Crippen LogP contribution in [0.3, 0.4) is 0 Å². The van der Waals surface area contributed by atoms with Gasteiger partial charge in [0.05, 0.1) is 30.1 Å². The molecule has 0 radical (unpaired) electrons. The largest absolute Gasteiger partial charge is 0.394 e. The molecule has 9 nitrogen and oxygen atoms in total. The molecular formula is C42H50N4O5. The Kier molecular flexibility index (Phi) is 10.5. The molecule has 3 aliphatic heterocycles. The third-order valence-electron chi connectivity index (χ3n) is 11.2. The maximum absolute atomic E-state index is 15.3. The average Bonchev–Trinajstić information content (AvgIpc) is 3.72. The van der Waals surface area contributed by atoms with Gasteiger partial charge in [0.2, 0.25) is 11.8 Å². The zero-order chi connectivity index (χ0) is 36.3. The fourth-order valence-corrected chi connectivity index (χ4v) is 8.80. The van der Waals surface area contributed by atoms with E-state index in [4.69, 9.17) is 4.74 Å². The molecule has 3 amide bonds. The van der Waals surface area contributed by atoms with Crippen LogP contribution < -0.4 is 9.80 Å². The van der Waals surface area contributed by atoms with Crippen LogP contribution in [0.25, 0.3) is 0 Å². The lowest BCUT2D eigenvalue weighted by Gasteiger charge is -2.39. The maximum atomic E-state index is 15.3. The zero-order valence-electron chi connectivity index (χ0n) is 30.0. The predicted octanol–water partition coefficient (Wildman–Crippen LogP) is 5.76. The maximum Gasteiger partial charge on any atom is 0.253 e. The molecule has 3 saturated heterocycles. The van der Waals surface area contributed by atoms with Crippen molar-refractivity contribution >= 4 is 29.1 Å². The van der Waals surface area contributed by atoms with Crippen LogP contribution in [-0.4, -0.2) is 82.7 Å². The number of hydrogen-bond acceptors (Lipinski definition) is 6. The summed E-state index contributed by atoms with van der Waals surface area (Å²) in [6, 6.07) is 24.9. The monoisotopic (exact) mass is 690 g/mol. The molecule has 0 saturated carbocycles. The summed E-state index contributed by atoms with van der Waals surface area (Å²) < 4.78 is 6.99. The molecular weight excluding hydrogens is 640 g/mol. The molecule has 0 aliphatic carbocycles. The van der Waals surface area contributed by atoms with Crippen molar-refractivity contribution in [3.8, 4) is 0 Å². The summed E-state index contributed by atoms with van der Waals surface area (Å²) in [4.78, 5) is 52.3. The minimum atomic E-state index is -1.28. The zero-order valence-corrected chi connectivity index (χ0v) is 30.0. The fourth-order valence-electron chi connectivity index (χ4n) is 8.80. The van der Waals surface area contributed by atoms with E-state index in [0.29, 0.717) is 37.2 Å². The number of ether oxygens (including phenoxy) is 1. The number of aliphatic hydroxyl groups excluding tert-OH is 1. The third kappa shape index (κ3) is 6.27. The van der Waals surface area contributed by atoms with Crippen molar-refractivity contribution in [2.24, 2.45) is 11.8 Å². The molecule has 2 bridgehead atoms. The van der Waals surface area contributed by atoms with Crippen LogP contribution in [0.2, 0.25) is 0 Å². The third-order valence-corrected chi connectivity index (χ3v) is 11.2. The van der Waals surface area contributed by atoms with Crippen LogP contribution in [0.15, 0.2) is 110 Å². The Labute approximate surface area is 301 Å². The Balaban J connectivity index is 1.45. The molecule has 3 heterocycles. The van der Waals surface area contributed by atoms with Crippen molar-refractivity contribution in [2.75, 3.05) is 42.6 Å². The van der Waals surface area contributed by atoms with E-state index < -0.39 is 41.7 Å². The summed E-state index contributed by atoms with van der Waals surface area (Å²) in [6.45, 7) is 16.1. The highest BCUT2D eigenvalue weighted by atomic mass is 16.5. The standard InChI is InChI=1S/C42H50N4O5/c1-6-26-44(28-30-16-12-10-13-17-30)38(48)35-36-39(49)46(34(29-47)31-18-14-11-15-19-31)37(42(36)25-24-41(35,5)51-42)40(50)45(27-7-2)33-22-20-32(21-23-33)43(8-3)9-4/h6-7,10-23,34-37,47H,1-2,8-9,24-29H2,3-5H3/t34-,35+,36+,37?,41-,42?/m1/s1. The first kappa shape index (κ1) is 36.1. The van der Waals surface area contributed by atoms with Gasteiger partial charge in [-0.2, -0.15) is 0 Å². The van der Waals surface area contributed by atoms with E-state index in [1.165, 1.54) is 4.90 Å². The summed E-state index contributed by atoms with van der Waals surface area (Å²) in [5.74, 6) is -2.65. The van der Waals surface area contributed by atoms with E-state index in [1.807, 2.05) is 91.9 Å². The van der Waals surface area contributed by atoms with Crippen LogP contribution in [0.4, 0.5) is 11.4 Å². The highest BCUT2D eigenvalue weighted by Crippen LogP contribution is 2.64. The average molecular weight is 691 g/mol. The molecule has 3 aromatic rings. The van der Waals surface area contributed by atoms with Crippen molar-refractivity contribution < 1.29 is 24.2 Å². The lowest BCUT2D eigenvalue weighted by atomic mass is 9.66. The molecule has 1 spiro atoms. The molecule has 268 valence electrons. The topological polar surface area (TPSA) is 93.6 Å². The van der Waals surface area contributed by atoms with Gasteiger partial charge in [0.15, 0.2) is 0 Å². The van der Waals surface area contributed by atoms with Gasteiger partial charge in [-0.1, -0.05) is 72.8 Å². The normalized spacial score (nSPS) is 25.3. The number of nitrogens with zero attached hydrogens (tertiary/aromatic N) is 4. The van der Waals surface area contributed by atoms with Gasteiger partial charge in [0, 0.05) is 44.1 Å². The molecule has 9 heteroatoms. The van der Waals surface area contributed by atoms with Gasteiger partial charge in [-0.15, -0.1) is 13.2 Å². The first-order valence-corrected chi connectivity index (χ1v) is 18.1. The Morgan fingerprint density at radius 3 is 2.10 bits per heavy atom. The van der Waals surface area contributed by atoms with Gasteiger partial charge in [-0.3, -0.25) is 14.4 Å². The number of rotatable bonds is 15. The number of amides is 3. The van der Waals surface area contributed by atoms with Crippen molar-refractivity contribution in [1.82, 2.24) is 9.80 Å². The summed E-state index contributed by atoms with van der Waals surface area (Å²) >= 11 is 0. The van der Waals surface area contributed by atoms with Gasteiger partial charge in [0.25, 0.3) is 5.91 Å². The molecule has 6 atom stereocenters. The molecule has 3 aliphatic rings. The number of carbonyl (C=O) groups is 3.